The molecule has 19 heteroatoms. The second-order valence-corrected chi connectivity index (χ2v) is 27.3. The number of aliphatic hydroxyl groups excluding tert-OH is 1. The van der Waals surface area contributed by atoms with Crippen LogP contribution in [0.3, 0.4) is 0 Å². The Morgan fingerprint density at radius 1 is 0.290 bits per heavy atom. The van der Waals surface area contributed by atoms with Crippen molar-refractivity contribution >= 4 is 39.5 Å². The Morgan fingerprint density at radius 3 is 0.840 bits per heavy atom. The number of phosphoric acid groups is 2. The number of unbranched alkanes of at least 4 members (excludes halogenated alkanes) is 17. The Bertz CT molecular complexity index is 2520. The van der Waals surface area contributed by atoms with Gasteiger partial charge in [0.05, 0.1) is 26.4 Å². The zero-order valence-corrected chi connectivity index (χ0v) is 63.6. The quantitative estimate of drug-likeness (QED) is 0.0169. The lowest BCUT2D eigenvalue weighted by Crippen LogP contribution is -2.30. The number of allylic oxidation sites excluding steroid dienone is 26. The van der Waals surface area contributed by atoms with Gasteiger partial charge in [-0.25, -0.2) is 9.13 Å². The summed E-state index contributed by atoms with van der Waals surface area (Å²) in [5.41, 5.74) is 0. The number of carbonyl (C=O) groups excluding carboxylic acids is 4. The fourth-order valence-electron chi connectivity index (χ4n) is 9.29. The molecule has 0 rings (SSSR count). The topological polar surface area (TPSA) is 237 Å². The third-order valence-electron chi connectivity index (χ3n) is 15.0. The molecule has 3 N–H and O–H groups in total. The molecule has 0 aromatic rings. The van der Waals surface area contributed by atoms with Crippen LogP contribution in [0.15, 0.2) is 158 Å². The summed E-state index contributed by atoms with van der Waals surface area (Å²) >= 11 is 0. The zero-order valence-electron chi connectivity index (χ0n) is 61.8. The van der Waals surface area contributed by atoms with Gasteiger partial charge in [-0.1, -0.05) is 243 Å². The SMILES string of the molecule is CC/C=C\C/C=C\C/C=C\C/C=C\C/C=C\CCCCCC(=O)OCC(COP(=O)(O)OCC(O)COP(=O)(O)OCC(COC(=O)CCCCCCC/C=C\C/C=C\C/C=C\CC)OC(=O)CCCCCCC/C=C\CCCC)OC(=O)CCCC/C=C\C/C=C\C/C=C\C/C=C\CC. The summed E-state index contributed by atoms with van der Waals surface area (Å²) in [6.07, 6.45) is 82.5. The molecular weight excluding hydrogens is 1310 g/mol. The number of hydrogen-bond donors (Lipinski definition) is 3. The highest BCUT2D eigenvalue weighted by atomic mass is 31.2. The van der Waals surface area contributed by atoms with Gasteiger partial charge < -0.3 is 33.8 Å². The molecule has 0 aliphatic rings. The number of phosphoric ester groups is 2. The van der Waals surface area contributed by atoms with Gasteiger partial charge in [-0.15, -0.1) is 0 Å². The van der Waals surface area contributed by atoms with E-state index in [1.165, 1.54) is 12.8 Å². The highest BCUT2D eigenvalue weighted by Crippen LogP contribution is 2.45. The van der Waals surface area contributed by atoms with Gasteiger partial charge in [0.2, 0.25) is 0 Å². The molecule has 0 heterocycles. The monoisotopic (exact) mass is 1440 g/mol. The van der Waals surface area contributed by atoms with Crippen molar-refractivity contribution in [2.75, 3.05) is 39.6 Å². The van der Waals surface area contributed by atoms with Crippen molar-refractivity contribution in [1.82, 2.24) is 0 Å². The van der Waals surface area contributed by atoms with E-state index < -0.39 is 97.5 Å². The summed E-state index contributed by atoms with van der Waals surface area (Å²) in [7, 11) is -9.99. The fraction of sp³-hybridized carbons (Fsp3) is 0.630. The van der Waals surface area contributed by atoms with E-state index in [0.717, 1.165) is 173 Å². The standard InChI is InChI=1S/C81H132O17P2/c1-5-9-13-17-21-25-29-32-35-36-37-38-41-43-47-50-54-58-62-66-79(84)92-72-77(98-81(86)68-64-60-56-52-48-44-40-34-31-27-23-19-15-11-7-3)74-96-100(89,90)94-70-75(82)69-93-99(87,88)95-73-76(97-80(85)67-63-59-55-51-45-28-24-20-16-12-8-4)71-91-78(83)65-61-57-53-49-46-42-39-33-30-26-22-18-14-10-6-2/h9-11,13-15,20-27,32-35,37-40,43,47-48,52,75-77,82H,5-8,12,16-19,28-31,36,41-42,44-46,49-51,53-74H2,1-4H3,(H,87,88)(H,89,90)/b13-9-,14-10-,15-11-,24-20-,25-21-,26-22-,27-23-,35-32-,38-37-,39-33-,40-34-,47-43-,52-48-. The summed E-state index contributed by atoms with van der Waals surface area (Å²) in [6, 6.07) is 0. The molecule has 0 spiro atoms. The number of esters is 4. The van der Waals surface area contributed by atoms with Crippen molar-refractivity contribution in [2.24, 2.45) is 0 Å². The molecule has 5 atom stereocenters. The maximum Gasteiger partial charge on any atom is 0.472 e. The van der Waals surface area contributed by atoms with E-state index in [1.54, 1.807) is 0 Å². The molecule has 568 valence electrons. The third-order valence-corrected chi connectivity index (χ3v) is 16.9. The van der Waals surface area contributed by atoms with Crippen molar-refractivity contribution in [2.45, 2.75) is 290 Å². The van der Waals surface area contributed by atoms with Crippen LogP contribution in [0.4, 0.5) is 0 Å². The van der Waals surface area contributed by atoms with Crippen molar-refractivity contribution in [1.29, 1.82) is 0 Å². The van der Waals surface area contributed by atoms with Gasteiger partial charge in [0.15, 0.2) is 12.2 Å². The molecule has 5 unspecified atom stereocenters. The van der Waals surface area contributed by atoms with Crippen LogP contribution in [0.1, 0.15) is 272 Å². The van der Waals surface area contributed by atoms with Crippen LogP contribution in [0.5, 0.6) is 0 Å². The number of aliphatic hydroxyl groups is 1. The first-order valence-electron chi connectivity index (χ1n) is 37.7. The minimum atomic E-state index is -5.00. The van der Waals surface area contributed by atoms with Crippen LogP contribution in [0, 0.1) is 0 Å². The number of carbonyl (C=O) groups is 4. The number of ether oxygens (including phenoxy) is 4. The third kappa shape index (κ3) is 71.1. The predicted octanol–water partition coefficient (Wildman–Crippen LogP) is 21.7. The van der Waals surface area contributed by atoms with E-state index in [9.17, 15) is 43.2 Å². The van der Waals surface area contributed by atoms with E-state index in [4.69, 9.17) is 37.0 Å². The second kappa shape index (κ2) is 72.0. The fourth-order valence-corrected chi connectivity index (χ4v) is 10.9. The van der Waals surface area contributed by atoms with Crippen LogP contribution in [0.2, 0.25) is 0 Å². The Morgan fingerprint density at radius 2 is 0.520 bits per heavy atom. The minimum Gasteiger partial charge on any atom is -0.462 e. The molecule has 100 heavy (non-hydrogen) atoms. The predicted molar refractivity (Wildman–Crippen MR) is 408 cm³/mol. The molecule has 0 bridgehead atoms. The summed E-state index contributed by atoms with van der Waals surface area (Å²) < 4.78 is 68.3. The van der Waals surface area contributed by atoms with E-state index >= 15 is 0 Å². The largest absolute Gasteiger partial charge is 0.472 e. The van der Waals surface area contributed by atoms with E-state index in [0.29, 0.717) is 32.1 Å². The highest BCUT2D eigenvalue weighted by Gasteiger charge is 2.30. The average Bonchev–Trinajstić information content (AvgIpc) is 0.985. The van der Waals surface area contributed by atoms with Crippen LogP contribution < -0.4 is 0 Å². The van der Waals surface area contributed by atoms with Crippen molar-refractivity contribution in [3.63, 3.8) is 0 Å². The van der Waals surface area contributed by atoms with Gasteiger partial charge >= 0.3 is 39.5 Å². The number of hydrogen-bond acceptors (Lipinski definition) is 15. The lowest BCUT2D eigenvalue weighted by molar-refractivity contribution is -0.161. The second-order valence-electron chi connectivity index (χ2n) is 24.4. The molecule has 0 radical (unpaired) electrons. The van der Waals surface area contributed by atoms with E-state index in [1.807, 2.05) is 0 Å². The van der Waals surface area contributed by atoms with Gasteiger partial charge in [-0.2, -0.15) is 0 Å². The molecule has 0 fully saturated rings. The Labute approximate surface area is 604 Å². The van der Waals surface area contributed by atoms with Gasteiger partial charge in [-0.3, -0.25) is 37.3 Å². The highest BCUT2D eigenvalue weighted by molar-refractivity contribution is 7.47. The Kier molecular flexibility index (Phi) is 68.2. The van der Waals surface area contributed by atoms with Crippen molar-refractivity contribution in [3.05, 3.63) is 158 Å². The van der Waals surface area contributed by atoms with Gasteiger partial charge in [0.1, 0.15) is 19.3 Å². The first-order chi connectivity index (χ1) is 48.7. The molecule has 0 saturated heterocycles. The molecular formula is C81H132O17P2. The Hall–Kier alpha value is -5.32. The lowest BCUT2D eigenvalue weighted by Gasteiger charge is -2.21. The molecule has 17 nitrogen and oxygen atoms in total. The molecule has 0 aliphatic carbocycles. The van der Waals surface area contributed by atoms with E-state index in [2.05, 4.69) is 186 Å². The van der Waals surface area contributed by atoms with Gasteiger partial charge in [-0.05, 0) is 161 Å². The zero-order chi connectivity index (χ0) is 73.2. The van der Waals surface area contributed by atoms with Gasteiger partial charge in [0.25, 0.3) is 0 Å². The first-order valence-corrected chi connectivity index (χ1v) is 40.7. The van der Waals surface area contributed by atoms with Crippen LogP contribution in [0.25, 0.3) is 0 Å². The minimum absolute atomic E-state index is 0.0291. The number of rotatable bonds is 69. The first kappa shape index (κ1) is 94.7. The Balaban J connectivity index is 5.42. The summed E-state index contributed by atoms with van der Waals surface area (Å²) in [5, 5.41) is 10.6. The maximum absolute atomic E-state index is 13.1. The van der Waals surface area contributed by atoms with Crippen LogP contribution in [-0.4, -0.2) is 96.7 Å². The molecule has 0 aliphatic heterocycles. The molecule has 0 aromatic heterocycles. The van der Waals surface area contributed by atoms with Crippen molar-refractivity contribution < 1.29 is 80.2 Å². The average molecular weight is 1440 g/mol. The summed E-state index contributed by atoms with van der Waals surface area (Å²) in [6.45, 7) is 4.35. The summed E-state index contributed by atoms with van der Waals surface area (Å²) in [4.78, 5) is 72.8. The lowest BCUT2D eigenvalue weighted by atomic mass is 10.1. The molecule has 0 amide bonds. The maximum atomic E-state index is 13.1. The smallest absolute Gasteiger partial charge is 0.462 e. The molecule has 0 aromatic carbocycles. The van der Waals surface area contributed by atoms with Gasteiger partial charge in [0, 0.05) is 25.7 Å². The summed E-state index contributed by atoms with van der Waals surface area (Å²) in [5.74, 6) is -2.30. The van der Waals surface area contributed by atoms with Crippen LogP contribution >= 0.6 is 15.6 Å². The van der Waals surface area contributed by atoms with Crippen LogP contribution in [-0.2, 0) is 65.4 Å². The van der Waals surface area contributed by atoms with E-state index in [-0.39, 0.29) is 25.7 Å². The molecule has 0 saturated carbocycles. The van der Waals surface area contributed by atoms with Crippen molar-refractivity contribution in [3.8, 4) is 0 Å². The normalized spacial score (nSPS) is 14.8.